The number of anilines is 1. The van der Waals surface area contributed by atoms with Crippen LogP contribution in [0.25, 0.3) is 0 Å². The Labute approximate surface area is 148 Å². The molecule has 3 nitrogen and oxygen atoms in total. The number of thioether (sulfide) groups is 2. The van der Waals surface area contributed by atoms with Gasteiger partial charge in [-0.3, -0.25) is 0 Å². The molecule has 23 heavy (non-hydrogen) atoms. The van der Waals surface area contributed by atoms with Crippen LogP contribution >= 0.6 is 35.1 Å². The van der Waals surface area contributed by atoms with Crippen molar-refractivity contribution in [2.75, 3.05) is 5.32 Å². The normalized spacial score (nSPS) is 22.5. The van der Waals surface area contributed by atoms with Gasteiger partial charge in [0, 0.05) is 16.3 Å². The van der Waals surface area contributed by atoms with Crippen molar-refractivity contribution in [2.24, 2.45) is 9.98 Å². The van der Waals surface area contributed by atoms with Gasteiger partial charge in [0.25, 0.3) is 0 Å². The molecule has 2 aromatic carbocycles. The number of hydrogen-bond acceptors (Lipinski definition) is 5. The molecule has 0 bridgehead atoms. The number of rotatable bonds is 2. The molecule has 0 aliphatic carbocycles. The van der Waals surface area contributed by atoms with Crippen molar-refractivity contribution in [2.45, 2.75) is 17.7 Å². The van der Waals surface area contributed by atoms with E-state index >= 15 is 0 Å². The average Bonchev–Trinajstić information content (AvgIpc) is 3.09. The van der Waals surface area contributed by atoms with Crippen LogP contribution in [0.1, 0.15) is 11.1 Å². The van der Waals surface area contributed by atoms with Gasteiger partial charge in [0.05, 0.1) is 0 Å². The van der Waals surface area contributed by atoms with Crippen molar-refractivity contribution in [1.29, 1.82) is 0 Å². The van der Waals surface area contributed by atoms with Crippen LogP contribution in [0.2, 0.25) is 5.02 Å². The third-order valence-corrected chi connectivity index (χ3v) is 6.37. The molecule has 2 aliphatic heterocycles. The van der Waals surface area contributed by atoms with Gasteiger partial charge in [-0.25, -0.2) is 9.98 Å². The van der Waals surface area contributed by atoms with Gasteiger partial charge < -0.3 is 5.32 Å². The van der Waals surface area contributed by atoms with E-state index in [9.17, 15) is 0 Å². The molecule has 0 saturated carbocycles. The first-order valence-electron chi connectivity index (χ1n) is 7.26. The number of hydrogen-bond donors (Lipinski definition) is 1. The predicted octanol–water partition coefficient (Wildman–Crippen LogP) is 5.01. The van der Waals surface area contributed by atoms with Gasteiger partial charge in [-0.2, -0.15) is 0 Å². The van der Waals surface area contributed by atoms with E-state index < -0.39 is 0 Å². The van der Waals surface area contributed by atoms with Crippen LogP contribution in [0.5, 0.6) is 0 Å². The summed E-state index contributed by atoms with van der Waals surface area (Å²) in [7, 11) is 0. The summed E-state index contributed by atoms with van der Waals surface area (Å²) >= 11 is 9.45. The van der Waals surface area contributed by atoms with E-state index in [-0.39, 0.29) is 6.17 Å². The Hall–Kier alpha value is -1.43. The van der Waals surface area contributed by atoms with Crippen molar-refractivity contribution >= 4 is 51.0 Å². The smallest absolute Gasteiger partial charge is 0.165 e. The molecule has 0 unspecified atom stereocenters. The van der Waals surface area contributed by atoms with E-state index in [1.807, 2.05) is 24.3 Å². The average molecular weight is 360 g/mol. The second kappa shape index (κ2) is 6.23. The molecule has 0 spiro atoms. The fraction of sp³-hybridized carbons (Fsp3) is 0.176. The number of benzene rings is 2. The molecule has 2 atom stereocenters. The highest BCUT2D eigenvalue weighted by atomic mass is 35.5. The molecular weight excluding hydrogens is 346 g/mol. The summed E-state index contributed by atoms with van der Waals surface area (Å²) in [6, 6.07) is 16.1. The van der Waals surface area contributed by atoms with Crippen molar-refractivity contribution in [1.82, 2.24) is 0 Å². The van der Waals surface area contributed by atoms with Gasteiger partial charge in [0.15, 0.2) is 11.3 Å². The summed E-state index contributed by atoms with van der Waals surface area (Å²) in [5, 5.41) is 6.10. The fourth-order valence-electron chi connectivity index (χ4n) is 2.37. The lowest BCUT2D eigenvalue weighted by Gasteiger charge is -2.07. The Bertz CT molecular complexity index is 784. The van der Waals surface area contributed by atoms with Crippen molar-refractivity contribution in [3.8, 4) is 0 Å². The monoisotopic (exact) mass is 359 g/mol. The highest BCUT2D eigenvalue weighted by Gasteiger charge is 2.37. The van der Waals surface area contributed by atoms with E-state index in [0.717, 1.165) is 26.5 Å². The number of amidine groups is 1. The lowest BCUT2D eigenvalue weighted by molar-refractivity contribution is 0.809. The minimum absolute atomic E-state index is 0.0105. The largest absolute Gasteiger partial charge is 0.335 e. The zero-order valence-corrected chi connectivity index (χ0v) is 14.8. The lowest BCUT2D eigenvalue weighted by Crippen LogP contribution is -2.06. The molecule has 2 aromatic rings. The first-order chi connectivity index (χ1) is 11.2. The van der Waals surface area contributed by atoms with Crippen molar-refractivity contribution in [3.63, 3.8) is 0 Å². The van der Waals surface area contributed by atoms with E-state index in [1.165, 1.54) is 5.56 Å². The standard InChI is InChI=1S/C17H14ClN3S2/c1-10-2-8-13(9-3-10)19-17-21-14-16(23-17)22-15(20-14)11-4-6-12(18)7-5-11/h2-9,14,16H,1H3,(H,19,21)/t14-,16-/m1/s1. The first-order valence-corrected chi connectivity index (χ1v) is 9.40. The Morgan fingerprint density at radius 1 is 0.957 bits per heavy atom. The molecule has 0 fully saturated rings. The summed E-state index contributed by atoms with van der Waals surface area (Å²) in [6.45, 7) is 2.08. The zero-order valence-electron chi connectivity index (χ0n) is 12.4. The Balaban J connectivity index is 1.48. The van der Waals surface area contributed by atoms with Gasteiger partial charge >= 0.3 is 0 Å². The van der Waals surface area contributed by atoms with E-state index in [0.29, 0.717) is 4.58 Å². The maximum absolute atomic E-state index is 5.94. The van der Waals surface area contributed by atoms with Crippen LogP contribution in [0.3, 0.4) is 0 Å². The summed E-state index contributed by atoms with van der Waals surface area (Å²) in [6.07, 6.45) is -0.0105. The molecule has 0 aromatic heterocycles. The molecule has 2 aliphatic rings. The summed E-state index contributed by atoms with van der Waals surface area (Å²) < 4.78 is 0.314. The van der Waals surface area contributed by atoms with Crippen LogP contribution in [-0.2, 0) is 0 Å². The number of halogens is 1. The number of nitrogens with one attached hydrogen (secondary N) is 1. The van der Waals surface area contributed by atoms with Gasteiger partial charge in [-0.15, -0.1) is 0 Å². The van der Waals surface area contributed by atoms with Crippen molar-refractivity contribution in [3.05, 3.63) is 64.7 Å². The lowest BCUT2D eigenvalue weighted by atomic mass is 10.2. The Kier molecular flexibility index (Phi) is 4.09. The highest BCUT2D eigenvalue weighted by Crippen LogP contribution is 2.43. The molecular formula is C17H14ClN3S2. The second-order valence-corrected chi connectivity index (χ2v) is 8.38. The molecule has 1 N–H and O–H groups in total. The van der Waals surface area contributed by atoms with E-state index in [1.54, 1.807) is 23.5 Å². The molecule has 116 valence electrons. The molecule has 0 radical (unpaired) electrons. The molecule has 2 heterocycles. The number of nitrogens with zero attached hydrogens (tertiary/aromatic N) is 2. The van der Waals surface area contributed by atoms with Crippen LogP contribution in [0.15, 0.2) is 58.5 Å². The second-order valence-electron chi connectivity index (χ2n) is 5.38. The molecule has 4 rings (SSSR count). The summed E-state index contributed by atoms with van der Waals surface area (Å²) in [5.41, 5.74) is 3.42. The Morgan fingerprint density at radius 3 is 2.39 bits per heavy atom. The van der Waals surface area contributed by atoms with Crippen LogP contribution in [0.4, 0.5) is 5.69 Å². The number of aliphatic imine (C=N–C) groups is 2. The highest BCUT2D eigenvalue weighted by molar-refractivity contribution is 8.31. The van der Waals surface area contributed by atoms with Crippen LogP contribution in [-0.4, -0.2) is 21.0 Å². The summed E-state index contributed by atoms with van der Waals surface area (Å²) in [5.74, 6) is 0. The molecule has 6 heteroatoms. The molecule has 0 amide bonds. The first kappa shape index (κ1) is 15.1. The minimum atomic E-state index is -0.0105. The topological polar surface area (TPSA) is 36.8 Å². The van der Waals surface area contributed by atoms with Crippen LogP contribution < -0.4 is 5.32 Å². The van der Waals surface area contributed by atoms with E-state index in [2.05, 4.69) is 36.5 Å². The van der Waals surface area contributed by atoms with Crippen LogP contribution in [0, 0.1) is 6.92 Å². The predicted molar refractivity (Wildman–Crippen MR) is 103 cm³/mol. The number of fused-ring (bicyclic) bond motifs is 1. The summed E-state index contributed by atoms with van der Waals surface area (Å²) in [4.78, 5) is 9.44. The zero-order chi connectivity index (χ0) is 15.8. The van der Waals surface area contributed by atoms with Gasteiger partial charge in [0.1, 0.15) is 9.63 Å². The van der Waals surface area contributed by atoms with Gasteiger partial charge in [0.2, 0.25) is 0 Å². The van der Waals surface area contributed by atoms with Gasteiger partial charge in [-0.1, -0.05) is 65.0 Å². The quantitative estimate of drug-likeness (QED) is 0.818. The third kappa shape index (κ3) is 3.27. The third-order valence-electron chi connectivity index (χ3n) is 3.59. The minimum Gasteiger partial charge on any atom is -0.335 e. The van der Waals surface area contributed by atoms with Crippen molar-refractivity contribution < 1.29 is 0 Å². The maximum Gasteiger partial charge on any atom is 0.165 e. The maximum atomic E-state index is 5.94. The van der Waals surface area contributed by atoms with Gasteiger partial charge in [-0.05, 0) is 31.2 Å². The van der Waals surface area contributed by atoms with E-state index in [4.69, 9.17) is 21.6 Å². The number of aryl methyl sites for hydroxylation is 1. The molecule has 0 saturated heterocycles. The Morgan fingerprint density at radius 2 is 1.70 bits per heavy atom. The fourth-order valence-corrected chi connectivity index (χ4v) is 4.95. The SMILES string of the molecule is Cc1ccc(NC2=N[C@H]3N=C(c4ccc(Cl)cc4)S[C@@H]3S2)cc1.